The second kappa shape index (κ2) is 9.67. The molecule has 3 atom stereocenters. The van der Waals surface area contributed by atoms with E-state index in [0.29, 0.717) is 42.6 Å². The van der Waals surface area contributed by atoms with Gasteiger partial charge in [-0.15, -0.1) is 11.8 Å². The van der Waals surface area contributed by atoms with Gasteiger partial charge in [-0.25, -0.2) is 9.78 Å². The number of hydrogen-bond acceptors (Lipinski definition) is 9. The maximum Gasteiger partial charge on any atom is 0.416 e. The fraction of sp³-hybridized carbons (Fsp3) is 0.400. The molecule has 0 bridgehead atoms. The molecule has 3 aliphatic rings. The van der Waals surface area contributed by atoms with Crippen LogP contribution in [0.4, 0.5) is 16.4 Å². The Balaban J connectivity index is 1.11. The first-order chi connectivity index (χ1) is 18.0. The van der Waals surface area contributed by atoms with Gasteiger partial charge in [0.2, 0.25) is 5.91 Å². The maximum absolute atomic E-state index is 12.8. The molecule has 5 heterocycles. The number of thioether (sulfide) groups is 1. The lowest BCUT2D eigenvalue weighted by Crippen LogP contribution is -2.46. The Morgan fingerprint density at radius 2 is 2.11 bits per heavy atom. The van der Waals surface area contributed by atoms with Crippen molar-refractivity contribution in [2.24, 2.45) is 0 Å². The number of amides is 2. The number of hydrogen-bond donors (Lipinski definition) is 2. The van der Waals surface area contributed by atoms with Crippen molar-refractivity contribution in [2.45, 2.75) is 48.9 Å². The molecule has 2 amide bonds. The monoisotopic (exact) mass is 522 g/mol. The fourth-order valence-electron chi connectivity index (χ4n) is 5.26. The number of aromatic nitrogens is 3. The standard InChI is InChI=1S/C25H26N6O5S/c1-35-15-11-18-16(27-12-15)3-7-23(33)30(18)9-8-26-14-2-4-17-19(10-14)36-25(34)31(17)21-6-5-20-24(28-21)29-22(32)13-37-20/h3,5-7,11-12,14,17,19,26H,2,4,8-10,13H2,1H3,(H,28,29,32)/t14-,17-,19-/m0/s1. The average Bonchev–Trinajstić information content (AvgIpc) is 3.24. The molecule has 0 spiro atoms. The highest BCUT2D eigenvalue weighted by Crippen LogP contribution is 2.37. The minimum Gasteiger partial charge on any atom is -0.495 e. The molecule has 3 aromatic heterocycles. The van der Waals surface area contributed by atoms with Crippen molar-refractivity contribution in [3.63, 3.8) is 0 Å². The predicted molar refractivity (Wildman–Crippen MR) is 138 cm³/mol. The number of fused-ring (bicyclic) bond motifs is 3. The lowest BCUT2D eigenvalue weighted by molar-refractivity contribution is -0.113. The van der Waals surface area contributed by atoms with Crippen molar-refractivity contribution >= 4 is 46.4 Å². The minimum atomic E-state index is -0.415. The van der Waals surface area contributed by atoms with E-state index in [9.17, 15) is 14.4 Å². The van der Waals surface area contributed by atoms with Crippen LogP contribution in [0, 0.1) is 0 Å². The quantitative estimate of drug-likeness (QED) is 0.501. The number of carbonyl (C=O) groups is 2. The van der Waals surface area contributed by atoms with Gasteiger partial charge in [-0.3, -0.25) is 19.5 Å². The summed E-state index contributed by atoms with van der Waals surface area (Å²) in [5.74, 6) is 1.84. The van der Waals surface area contributed by atoms with E-state index in [2.05, 4.69) is 20.6 Å². The van der Waals surface area contributed by atoms with Crippen LogP contribution in [0.1, 0.15) is 19.3 Å². The Labute approximate surface area is 216 Å². The molecule has 2 aliphatic heterocycles. The van der Waals surface area contributed by atoms with Crippen LogP contribution in [0.2, 0.25) is 0 Å². The van der Waals surface area contributed by atoms with Crippen LogP contribution in [0.3, 0.4) is 0 Å². The molecule has 1 aliphatic carbocycles. The SMILES string of the molecule is COc1cnc2ccc(=O)n(CCN[C@H]3CC[C@H]4[C@H](C3)OC(=O)N4c3ccc4c(n3)NC(=O)CS4)c2c1. The number of methoxy groups -OCH3 is 1. The molecule has 2 N–H and O–H groups in total. The summed E-state index contributed by atoms with van der Waals surface area (Å²) in [6, 6.07) is 8.80. The number of carbonyl (C=O) groups excluding carboxylic acids is 2. The molecule has 1 saturated carbocycles. The predicted octanol–water partition coefficient (Wildman–Crippen LogP) is 2.38. The number of pyridine rings is 3. The first-order valence-corrected chi connectivity index (χ1v) is 13.2. The first-order valence-electron chi connectivity index (χ1n) is 12.2. The van der Waals surface area contributed by atoms with Crippen LogP contribution in [0.25, 0.3) is 11.0 Å². The number of rotatable bonds is 6. The molecule has 0 aromatic carbocycles. The molecule has 1 saturated heterocycles. The van der Waals surface area contributed by atoms with E-state index >= 15 is 0 Å². The highest BCUT2D eigenvalue weighted by Gasteiger charge is 2.46. The Bertz CT molecular complexity index is 1440. The van der Waals surface area contributed by atoms with Gasteiger partial charge >= 0.3 is 6.09 Å². The second-order valence-corrected chi connectivity index (χ2v) is 10.3. The third-order valence-electron chi connectivity index (χ3n) is 7.06. The van der Waals surface area contributed by atoms with Gasteiger partial charge in [0, 0.05) is 37.7 Å². The highest BCUT2D eigenvalue weighted by molar-refractivity contribution is 8.00. The molecule has 0 radical (unpaired) electrons. The summed E-state index contributed by atoms with van der Waals surface area (Å²) >= 11 is 1.43. The van der Waals surface area contributed by atoms with E-state index in [4.69, 9.17) is 9.47 Å². The molecular formula is C25H26N6O5S. The molecular weight excluding hydrogens is 496 g/mol. The summed E-state index contributed by atoms with van der Waals surface area (Å²) in [5, 5.41) is 6.31. The topological polar surface area (TPSA) is 128 Å². The molecule has 6 rings (SSSR count). The Kier molecular flexibility index (Phi) is 6.21. The van der Waals surface area contributed by atoms with Crippen molar-refractivity contribution < 1.29 is 19.1 Å². The summed E-state index contributed by atoms with van der Waals surface area (Å²) in [5.41, 5.74) is 1.36. The fourth-order valence-corrected chi connectivity index (χ4v) is 6.02. The van der Waals surface area contributed by atoms with E-state index < -0.39 is 6.09 Å². The Morgan fingerprint density at radius 3 is 2.97 bits per heavy atom. The van der Waals surface area contributed by atoms with Crippen LogP contribution in [0.15, 0.2) is 46.2 Å². The lowest BCUT2D eigenvalue weighted by atomic mass is 9.88. The molecule has 12 heteroatoms. The van der Waals surface area contributed by atoms with Gasteiger partial charge in [0.15, 0.2) is 0 Å². The van der Waals surface area contributed by atoms with Crippen LogP contribution >= 0.6 is 11.8 Å². The van der Waals surface area contributed by atoms with Crippen molar-refractivity contribution in [1.29, 1.82) is 0 Å². The molecule has 192 valence electrons. The smallest absolute Gasteiger partial charge is 0.416 e. The highest BCUT2D eigenvalue weighted by atomic mass is 32.2. The Morgan fingerprint density at radius 1 is 1.22 bits per heavy atom. The maximum atomic E-state index is 12.8. The number of ether oxygens (including phenoxy) is 2. The van der Waals surface area contributed by atoms with Gasteiger partial charge in [-0.2, -0.15) is 0 Å². The van der Waals surface area contributed by atoms with E-state index in [0.717, 1.165) is 28.8 Å². The van der Waals surface area contributed by atoms with Crippen LogP contribution in [0.5, 0.6) is 5.75 Å². The molecule has 11 nitrogen and oxygen atoms in total. The van der Waals surface area contributed by atoms with Crippen molar-refractivity contribution in [2.75, 3.05) is 29.6 Å². The first kappa shape index (κ1) is 23.7. The van der Waals surface area contributed by atoms with E-state index in [-0.39, 0.29) is 29.7 Å². The number of nitrogens with one attached hydrogen (secondary N) is 2. The van der Waals surface area contributed by atoms with Crippen LogP contribution < -0.4 is 25.8 Å². The lowest BCUT2D eigenvalue weighted by Gasteiger charge is -2.33. The van der Waals surface area contributed by atoms with Crippen molar-refractivity contribution in [3.05, 3.63) is 46.9 Å². The van der Waals surface area contributed by atoms with Crippen molar-refractivity contribution in [1.82, 2.24) is 19.9 Å². The summed E-state index contributed by atoms with van der Waals surface area (Å²) in [4.78, 5) is 48.5. The van der Waals surface area contributed by atoms with Gasteiger partial charge in [-0.05, 0) is 31.0 Å². The summed E-state index contributed by atoms with van der Waals surface area (Å²) in [6.45, 7) is 1.06. The Hall–Kier alpha value is -3.64. The van der Waals surface area contributed by atoms with E-state index in [1.807, 2.05) is 18.2 Å². The van der Waals surface area contributed by atoms with Gasteiger partial charge in [0.25, 0.3) is 5.56 Å². The third-order valence-corrected chi connectivity index (χ3v) is 8.11. The molecule has 3 aromatic rings. The minimum absolute atomic E-state index is 0.0967. The zero-order valence-corrected chi connectivity index (χ0v) is 21.0. The average molecular weight is 523 g/mol. The van der Waals surface area contributed by atoms with Crippen molar-refractivity contribution in [3.8, 4) is 5.75 Å². The van der Waals surface area contributed by atoms with Crippen LogP contribution in [-0.4, -0.2) is 64.1 Å². The molecule has 2 fully saturated rings. The largest absolute Gasteiger partial charge is 0.495 e. The second-order valence-electron chi connectivity index (χ2n) is 9.28. The van der Waals surface area contributed by atoms with Gasteiger partial charge in [-0.1, -0.05) is 0 Å². The van der Waals surface area contributed by atoms with Gasteiger partial charge in [0.1, 0.15) is 23.5 Å². The molecule has 37 heavy (non-hydrogen) atoms. The zero-order valence-electron chi connectivity index (χ0n) is 20.2. The summed E-state index contributed by atoms with van der Waals surface area (Å²) < 4.78 is 12.7. The summed E-state index contributed by atoms with van der Waals surface area (Å²) in [7, 11) is 1.57. The van der Waals surface area contributed by atoms with Crippen LogP contribution in [-0.2, 0) is 16.1 Å². The number of nitrogens with zero attached hydrogens (tertiary/aromatic N) is 4. The molecule has 0 unspecified atom stereocenters. The normalized spacial score (nSPS) is 22.8. The van der Waals surface area contributed by atoms with E-state index in [1.165, 1.54) is 17.8 Å². The van der Waals surface area contributed by atoms with Gasteiger partial charge < -0.3 is 24.7 Å². The summed E-state index contributed by atoms with van der Waals surface area (Å²) in [6.07, 6.45) is 3.24. The zero-order chi connectivity index (χ0) is 25.5. The van der Waals surface area contributed by atoms with E-state index in [1.54, 1.807) is 28.8 Å². The number of anilines is 2. The third kappa shape index (κ3) is 4.51. The van der Waals surface area contributed by atoms with Gasteiger partial charge in [0.05, 0.1) is 41.0 Å².